The summed E-state index contributed by atoms with van der Waals surface area (Å²) >= 11 is 0. The van der Waals surface area contributed by atoms with Crippen molar-refractivity contribution in [1.29, 1.82) is 0 Å². The molecule has 6 heteroatoms. The zero-order valence-corrected chi connectivity index (χ0v) is 13.6. The highest BCUT2D eigenvalue weighted by molar-refractivity contribution is 5.64. The van der Waals surface area contributed by atoms with E-state index in [1.165, 1.54) is 6.07 Å². The average Bonchev–Trinajstić information content (AvgIpc) is 2.66. The summed E-state index contributed by atoms with van der Waals surface area (Å²) < 4.78 is 13.8. The molecule has 0 saturated carbocycles. The second-order valence-electron chi connectivity index (χ2n) is 5.42. The molecular weight excluding hydrogens is 319 g/mol. The number of hydrogen-bond acceptors (Lipinski definition) is 5. The zero-order chi connectivity index (χ0) is 17.5. The van der Waals surface area contributed by atoms with Crippen LogP contribution in [0.4, 0.5) is 16.2 Å². The Bertz CT molecular complexity index is 827. The quantitative estimate of drug-likeness (QED) is 0.617. The van der Waals surface area contributed by atoms with Crippen molar-refractivity contribution >= 4 is 11.8 Å². The molecule has 0 saturated heterocycles. The Morgan fingerprint density at radius 3 is 2.44 bits per heavy atom. The van der Waals surface area contributed by atoms with Gasteiger partial charge in [-0.1, -0.05) is 48.5 Å². The predicted octanol–water partition coefficient (Wildman–Crippen LogP) is 3.30. The van der Waals surface area contributed by atoms with Crippen LogP contribution < -0.4 is 10.6 Å². The van der Waals surface area contributed by atoms with Crippen molar-refractivity contribution in [3.63, 3.8) is 0 Å². The number of aliphatic hydroxyl groups is 1. The summed E-state index contributed by atoms with van der Waals surface area (Å²) in [6, 6.07) is 18.2. The third kappa shape index (κ3) is 4.51. The number of anilines is 2. The van der Waals surface area contributed by atoms with Crippen LogP contribution >= 0.6 is 0 Å². The van der Waals surface area contributed by atoms with E-state index in [1.807, 2.05) is 36.4 Å². The minimum Gasteiger partial charge on any atom is -0.395 e. The molecule has 0 fully saturated rings. The summed E-state index contributed by atoms with van der Waals surface area (Å²) in [5.41, 5.74) is 2.25. The number of nitrogens with zero attached hydrogens (tertiary/aromatic N) is 2. The highest BCUT2D eigenvalue weighted by Gasteiger charge is 2.07. The van der Waals surface area contributed by atoms with Gasteiger partial charge >= 0.3 is 0 Å². The van der Waals surface area contributed by atoms with Gasteiger partial charge in [-0.05, 0) is 6.07 Å². The molecule has 1 aromatic heterocycles. The molecule has 2 aromatic carbocycles. The standard InChI is InChI=1S/C19H19FN4O/c20-16-9-5-4-8-15(16)13-22-18-12-17(14-6-2-1-3-7-14)23-19(24-18)21-10-11-25/h1-9,12,25H,10-11,13H2,(H2,21,22,23,24). The van der Waals surface area contributed by atoms with Crippen LogP contribution in [0.15, 0.2) is 60.7 Å². The van der Waals surface area contributed by atoms with E-state index in [4.69, 9.17) is 5.11 Å². The van der Waals surface area contributed by atoms with Crippen LogP contribution in [-0.4, -0.2) is 28.2 Å². The number of nitrogens with one attached hydrogen (secondary N) is 2. The lowest BCUT2D eigenvalue weighted by Gasteiger charge is -2.11. The fraction of sp³-hybridized carbons (Fsp3) is 0.158. The van der Waals surface area contributed by atoms with Crippen LogP contribution in [-0.2, 0) is 6.54 Å². The Hall–Kier alpha value is -2.99. The molecular formula is C19H19FN4O. The van der Waals surface area contributed by atoms with Gasteiger partial charge in [-0.15, -0.1) is 0 Å². The molecule has 0 aliphatic rings. The molecule has 0 atom stereocenters. The molecule has 0 amide bonds. The van der Waals surface area contributed by atoms with Crippen LogP contribution in [0.2, 0.25) is 0 Å². The molecule has 1 heterocycles. The molecule has 25 heavy (non-hydrogen) atoms. The van der Waals surface area contributed by atoms with Gasteiger partial charge in [-0.25, -0.2) is 9.37 Å². The maximum atomic E-state index is 13.8. The van der Waals surface area contributed by atoms with E-state index in [0.717, 1.165) is 11.3 Å². The fourth-order valence-electron chi connectivity index (χ4n) is 2.37. The Morgan fingerprint density at radius 2 is 1.68 bits per heavy atom. The molecule has 0 spiro atoms. The van der Waals surface area contributed by atoms with E-state index >= 15 is 0 Å². The number of rotatable bonds is 7. The number of halogens is 1. The second kappa shape index (κ2) is 8.21. The first-order chi connectivity index (χ1) is 12.3. The predicted molar refractivity (Wildman–Crippen MR) is 96.8 cm³/mol. The van der Waals surface area contributed by atoms with Gasteiger partial charge in [0.2, 0.25) is 5.95 Å². The van der Waals surface area contributed by atoms with Crippen molar-refractivity contribution in [2.24, 2.45) is 0 Å². The van der Waals surface area contributed by atoms with Gasteiger partial charge in [-0.3, -0.25) is 0 Å². The first kappa shape index (κ1) is 16.9. The molecule has 0 radical (unpaired) electrons. The fourth-order valence-corrected chi connectivity index (χ4v) is 2.37. The van der Waals surface area contributed by atoms with Gasteiger partial charge in [0.25, 0.3) is 0 Å². The SMILES string of the molecule is OCCNc1nc(NCc2ccccc2F)cc(-c2ccccc2)n1. The van der Waals surface area contributed by atoms with Crippen molar-refractivity contribution in [2.75, 3.05) is 23.8 Å². The van der Waals surface area contributed by atoms with Crippen molar-refractivity contribution in [2.45, 2.75) is 6.54 Å². The third-order valence-electron chi connectivity index (χ3n) is 3.61. The highest BCUT2D eigenvalue weighted by Crippen LogP contribution is 2.21. The van der Waals surface area contributed by atoms with E-state index in [1.54, 1.807) is 18.2 Å². The van der Waals surface area contributed by atoms with Gasteiger partial charge in [0.05, 0.1) is 12.3 Å². The van der Waals surface area contributed by atoms with E-state index < -0.39 is 0 Å². The lowest BCUT2D eigenvalue weighted by atomic mass is 10.1. The normalized spacial score (nSPS) is 10.5. The van der Waals surface area contributed by atoms with Gasteiger partial charge in [0.1, 0.15) is 11.6 Å². The summed E-state index contributed by atoms with van der Waals surface area (Å²) in [6.07, 6.45) is 0. The van der Waals surface area contributed by atoms with Crippen LogP contribution in [0, 0.1) is 5.82 Å². The zero-order valence-electron chi connectivity index (χ0n) is 13.6. The summed E-state index contributed by atoms with van der Waals surface area (Å²) in [6.45, 7) is 0.652. The maximum absolute atomic E-state index is 13.8. The Labute approximate surface area is 145 Å². The highest BCUT2D eigenvalue weighted by atomic mass is 19.1. The number of benzene rings is 2. The lowest BCUT2D eigenvalue weighted by molar-refractivity contribution is 0.311. The molecule has 3 rings (SSSR count). The van der Waals surface area contributed by atoms with Crippen LogP contribution in [0.3, 0.4) is 0 Å². The monoisotopic (exact) mass is 338 g/mol. The molecule has 0 aliphatic carbocycles. The largest absolute Gasteiger partial charge is 0.395 e. The van der Waals surface area contributed by atoms with Gasteiger partial charge in [0, 0.05) is 30.3 Å². The molecule has 128 valence electrons. The first-order valence-electron chi connectivity index (χ1n) is 8.03. The Kier molecular flexibility index (Phi) is 5.53. The molecule has 0 bridgehead atoms. The van der Waals surface area contributed by atoms with Crippen LogP contribution in [0.25, 0.3) is 11.3 Å². The first-order valence-corrected chi connectivity index (χ1v) is 8.03. The smallest absolute Gasteiger partial charge is 0.225 e. The van der Waals surface area contributed by atoms with E-state index in [0.29, 0.717) is 30.4 Å². The van der Waals surface area contributed by atoms with Crippen molar-refractivity contribution in [3.8, 4) is 11.3 Å². The van der Waals surface area contributed by atoms with Gasteiger partial charge in [0.15, 0.2) is 0 Å². The van der Waals surface area contributed by atoms with Crippen molar-refractivity contribution < 1.29 is 9.50 Å². The molecule has 3 aromatic rings. The summed E-state index contributed by atoms with van der Waals surface area (Å²) in [7, 11) is 0. The third-order valence-corrected chi connectivity index (χ3v) is 3.61. The van der Waals surface area contributed by atoms with Crippen molar-refractivity contribution in [3.05, 3.63) is 72.0 Å². The Balaban J connectivity index is 1.85. The second-order valence-corrected chi connectivity index (χ2v) is 5.42. The number of aromatic nitrogens is 2. The van der Waals surface area contributed by atoms with E-state index in [-0.39, 0.29) is 12.4 Å². The molecule has 5 nitrogen and oxygen atoms in total. The summed E-state index contributed by atoms with van der Waals surface area (Å²) in [5.74, 6) is 0.731. The van der Waals surface area contributed by atoms with E-state index in [9.17, 15) is 4.39 Å². The minimum atomic E-state index is -0.258. The lowest BCUT2D eigenvalue weighted by Crippen LogP contribution is -2.11. The topological polar surface area (TPSA) is 70.1 Å². The van der Waals surface area contributed by atoms with E-state index in [2.05, 4.69) is 20.6 Å². The number of aliphatic hydroxyl groups excluding tert-OH is 1. The van der Waals surface area contributed by atoms with Crippen LogP contribution in [0.1, 0.15) is 5.56 Å². The molecule has 0 unspecified atom stereocenters. The molecule has 0 aliphatic heterocycles. The van der Waals surface area contributed by atoms with Crippen LogP contribution in [0.5, 0.6) is 0 Å². The maximum Gasteiger partial charge on any atom is 0.225 e. The number of hydrogen-bond donors (Lipinski definition) is 3. The Morgan fingerprint density at radius 1 is 0.920 bits per heavy atom. The van der Waals surface area contributed by atoms with Crippen molar-refractivity contribution in [1.82, 2.24) is 9.97 Å². The summed E-state index contributed by atoms with van der Waals surface area (Å²) in [4.78, 5) is 8.84. The summed E-state index contributed by atoms with van der Waals surface area (Å²) in [5, 5.41) is 15.1. The molecule has 3 N–H and O–H groups in total. The van der Waals surface area contributed by atoms with Gasteiger partial charge < -0.3 is 15.7 Å². The minimum absolute atomic E-state index is 0.0170. The van der Waals surface area contributed by atoms with Gasteiger partial charge in [-0.2, -0.15) is 4.98 Å². The average molecular weight is 338 g/mol.